The van der Waals surface area contributed by atoms with Crippen molar-refractivity contribution in [3.05, 3.63) is 52.0 Å². The highest BCUT2D eigenvalue weighted by Crippen LogP contribution is 2.37. The third-order valence-electron chi connectivity index (χ3n) is 2.43. The fourth-order valence-corrected chi connectivity index (χ4v) is 2.40. The van der Waals surface area contributed by atoms with Crippen LogP contribution in [0.15, 0.2) is 44.7 Å². The first kappa shape index (κ1) is 13.2. The second kappa shape index (κ2) is 5.15. The molecule has 0 aliphatic heterocycles. The van der Waals surface area contributed by atoms with E-state index in [1.54, 1.807) is 13.0 Å². The molecule has 6 nitrogen and oxygen atoms in total. The van der Waals surface area contributed by atoms with Crippen LogP contribution in [0, 0.1) is 17.0 Å². The van der Waals surface area contributed by atoms with Crippen molar-refractivity contribution in [3.8, 4) is 0 Å². The molecular weight excluding hydrogens is 270 g/mol. The fraction of sp³-hybridized carbons (Fsp3) is 0.0833. The van der Waals surface area contributed by atoms with E-state index < -0.39 is 10.9 Å². The Morgan fingerprint density at radius 2 is 2.11 bits per heavy atom. The van der Waals surface area contributed by atoms with E-state index in [4.69, 9.17) is 9.52 Å². The molecule has 0 saturated carbocycles. The van der Waals surface area contributed by atoms with Crippen LogP contribution in [-0.2, 0) is 0 Å². The van der Waals surface area contributed by atoms with Crippen molar-refractivity contribution in [2.24, 2.45) is 0 Å². The number of nitro groups is 1. The van der Waals surface area contributed by atoms with Crippen LogP contribution in [0.2, 0.25) is 0 Å². The van der Waals surface area contributed by atoms with Gasteiger partial charge < -0.3 is 9.52 Å². The van der Waals surface area contributed by atoms with E-state index in [0.717, 1.165) is 11.0 Å². The van der Waals surface area contributed by atoms with Crippen molar-refractivity contribution in [3.63, 3.8) is 0 Å². The average molecular weight is 279 g/mol. The number of nitro benzene ring substituents is 1. The Morgan fingerprint density at radius 3 is 2.63 bits per heavy atom. The maximum absolute atomic E-state index is 11.0. The quantitative estimate of drug-likeness (QED) is 0.681. The highest BCUT2D eigenvalue weighted by molar-refractivity contribution is 7.99. The van der Waals surface area contributed by atoms with Gasteiger partial charge in [-0.25, -0.2) is 4.79 Å². The molecule has 7 heteroatoms. The normalized spacial score (nSPS) is 10.4. The van der Waals surface area contributed by atoms with E-state index in [2.05, 4.69) is 0 Å². The number of aryl methyl sites for hydroxylation is 1. The maximum Gasteiger partial charge on any atom is 0.335 e. The number of benzene rings is 1. The van der Waals surface area contributed by atoms with E-state index >= 15 is 0 Å². The van der Waals surface area contributed by atoms with Crippen LogP contribution in [0.3, 0.4) is 0 Å². The van der Waals surface area contributed by atoms with Crippen LogP contribution in [0.5, 0.6) is 0 Å². The van der Waals surface area contributed by atoms with Gasteiger partial charge in [0.1, 0.15) is 5.76 Å². The molecular formula is C12H9NO5S. The summed E-state index contributed by atoms with van der Waals surface area (Å²) < 4.78 is 5.11. The molecule has 1 N–H and O–H groups in total. The van der Waals surface area contributed by atoms with Crippen molar-refractivity contribution in [1.82, 2.24) is 0 Å². The second-order valence-electron chi connectivity index (χ2n) is 3.69. The lowest BCUT2D eigenvalue weighted by Crippen LogP contribution is -1.99. The summed E-state index contributed by atoms with van der Waals surface area (Å²) in [6.45, 7) is 1.75. The number of nitrogens with zero attached hydrogens (tertiary/aromatic N) is 1. The van der Waals surface area contributed by atoms with Crippen LogP contribution in [0.4, 0.5) is 5.69 Å². The number of rotatable bonds is 4. The predicted molar refractivity (Wildman–Crippen MR) is 67.6 cm³/mol. The molecule has 0 saturated heterocycles. The van der Waals surface area contributed by atoms with Crippen LogP contribution < -0.4 is 0 Å². The number of aromatic carboxylic acids is 1. The Balaban J connectivity index is 2.43. The number of furan rings is 1. The molecule has 2 rings (SSSR count). The molecule has 0 fully saturated rings. The van der Waals surface area contributed by atoms with Crippen molar-refractivity contribution in [1.29, 1.82) is 0 Å². The number of hydrogen-bond acceptors (Lipinski definition) is 5. The molecule has 0 aliphatic carbocycles. The second-order valence-corrected chi connectivity index (χ2v) is 4.77. The summed E-state index contributed by atoms with van der Waals surface area (Å²) in [6.07, 6.45) is 1.50. The minimum absolute atomic E-state index is 0.111. The molecule has 0 aliphatic rings. The Morgan fingerprint density at radius 1 is 1.37 bits per heavy atom. The first-order valence-electron chi connectivity index (χ1n) is 5.22. The molecule has 19 heavy (non-hydrogen) atoms. The molecule has 0 amide bonds. The molecule has 1 aromatic carbocycles. The minimum atomic E-state index is -1.20. The highest BCUT2D eigenvalue weighted by Gasteiger charge is 2.19. The summed E-state index contributed by atoms with van der Waals surface area (Å²) in [5.74, 6) is -0.541. The zero-order valence-electron chi connectivity index (χ0n) is 9.82. The topological polar surface area (TPSA) is 93.6 Å². The van der Waals surface area contributed by atoms with Gasteiger partial charge in [0.25, 0.3) is 5.69 Å². The first-order valence-corrected chi connectivity index (χ1v) is 6.04. The lowest BCUT2D eigenvalue weighted by molar-refractivity contribution is -0.387. The van der Waals surface area contributed by atoms with Crippen molar-refractivity contribution in [2.45, 2.75) is 16.7 Å². The maximum atomic E-state index is 11.0. The number of carbonyl (C=O) groups is 1. The number of carboxylic acid groups (broad SMARTS) is 1. The lowest BCUT2D eigenvalue weighted by Gasteiger charge is -2.03. The largest absolute Gasteiger partial charge is 0.478 e. The summed E-state index contributed by atoms with van der Waals surface area (Å²) in [6, 6.07) is 5.53. The van der Waals surface area contributed by atoms with Gasteiger partial charge in [-0.15, -0.1) is 0 Å². The SMILES string of the molecule is Cc1occc1Sc1ccc(C(=O)O)cc1[N+](=O)[O-]. The van der Waals surface area contributed by atoms with Crippen LogP contribution in [0.25, 0.3) is 0 Å². The lowest BCUT2D eigenvalue weighted by atomic mass is 10.2. The van der Waals surface area contributed by atoms with Crippen LogP contribution in [-0.4, -0.2) is 16.0 Å². The molecule has 2 aromatic rings. The van der Waals surface area contributed by atoms with Gasteiger partial charge in [0.15, 0.2) is 0 Å². The van der Waals surface area contributed by atoms with Gasteiger partial charge in [0, 0.05) is 6.07 Å². The Bertz CT molecular complexity index is 649. The zero-order valence-corrected chi connectivity index (χ0v) is 10.6. The summed E-state index contributed by atoms with van der Waals surface area (Å²) in [5.41, 5.74) is -0.342. The fourth-order valence-electron chi connectivity index (χ4n) is 1.48. The predicted octanol–water partition coefficient (Wildman–Crippen LogP) is 3.35. The summed E-state index contributed by atoms with van der Waals surface area (Å²) in [7, 11) is 0. The third kappa shape index (κ3) is 2.76. The van der Waals surface area contributed by atoms with Gasteiger partial charge >= 0.3 is 5.97 Å². The summed E-state index contributed by atoms with van der Waals surface area (Å²) in [4.78, 5) is 22.3. The highest BCUT2D eigenvalue weighted by atomic mass is 32.2. The Labute approximate surface area is 112 Å². The summed E-state index contributed by atoms with van der Waals surface area (Å²) in [5, 5.41) is 19.8. The molecule has 0 unspecified atom stereocenters. The van der Waals surface area contributed by atoms with Crippen molar-refractivity contribution < 1.29 is 19.2 Å². The molecule has 1 aromatic heterocycles. The molecule has 0 radical (unpaired) electrons. The first-order chi connectivity index (χ1) is 8.99. The number of carboxylic acids is 1. The van der Waals surface area contributed by atoms with E-state index in [1.807, 2.05) is 0 Å². The van der Waals surface area contributed by atoms with Gasteiger partial charge in [-0.05, 0) is 25.1 Å². The Hall–Kier alpha value is -2.28. The van der Waals surface area contributed by atoms with Crippen LogP contribution in [0.1, 0.15) is 16.1 Å². The Kier molecular flexibility index (Phi) is 3.57. The van der Waals surface area contributed by atoms with Gasteiger partial charge in [0.05, 0.1) is 26.5 Å². The smallest absolute Gasteiger partial charge is 0.335 e. The van der Waals surface area contributed by atoms with E-state index in [9.17, 15) is 14.9 Å². The molecule has 0 spiro atoms. The third-order valence-corrected chi connectivity index (χ3v) is 3.64. The molecule has 1 heterocycles. The van der Waals surface area contributed by atoms with Crippen molar-refractivity contribution >= 4 is 23.4 Å². The van der Waals surface area contributed by atoms with E-state index in [1.165, 1.54) is 30.2 Å². The van der Waals surface area contributed by atoms with Gasteiger partial charge in [-0.1, -0.05) is 11.8 Å². The van der Waals surface area contributed by atoms with Crippen molar-refractivity contribution in [2.75, 3.05) is 0 Å². The number of hydrogen-bond donors (Lipinski definition) is 1. The monoisotopic (exact) mass is 279 g/mol. The van der Waals surface area contributed by atoms with E-state index in [0.29, 0.717) is 10.7 Å². The average Bonchev–Trinajstić information content (AvgIpc) is 2.75. The van der Waals surface area contributed by atoms with Crippen LogP contribution >= 0.6 is 11.8 Å². The molecule has 98 valence electrons. The minimum Gasteiger partial charge on any atom is -0.478 e. The van der Waals surface area contributed by atoms with Gasteiger partial charge in [0.2, 0.25) is 0 Å². The molecule has 0 atom stereocenters. The van der Waals surface area contributed by atoms with E-state index in [-0.39, 0.29) is 11.3 Å². The standard InChI is InChI=1S/C12H9NO5S/c1-7-10(4-5-18-7)19-11-3-2-8(12(14)15)6-9(11)13(16)17/h2-6H,1H3,(H,14,15). The zero-order chi connectivity index (χ0) is 14.0. The van der Waals surface area contributed by atoms with Gasteiger partial charge in [-0.2, -0.15) is 0 Å². The van der Waals surface area contributed by atoms with Gasteiger partial charge in [-0.3, -0.25) is 10.1 Å². The summed E-state index contributed by atoms with van der Waals surface area (Å²) >= 11 is 1.17. The molecule has 0 bridgehead atoms.